The molecule has 0 spiro atoms. The van der Waals surface area contributed by atoms with Gasteiger partial charge in [-0.05, 0) is 50.5 Å². The number of allylic oxidation sites excluding steroid dienone is 1. The summed E-state index contributed by atoms with van der Waals surface area (Å²) in [7, 11) is 4.08. The number of hydrogen-bond donors (Lipinski definition) is 3. The Bertz CT molecular complexity index is 1290. The summed E-state index contributed by atoms with van der Waals surface area (Å²) in [6, 6.07) is 0. The summed E-state index contributed by atoms with van der Waals surface area (Å²) < 4.78 is 41.0. The third kappa shape index (κ3) is 6.02. The molecule has 48 heavy (non-hydrogen) atoms. The standard InChI is InChI=1S/C12H16O4.2C11H14O5/c1-6-7-3-4-8-9(11(13)14-2)5-15-12(16-6)10(7)8;1-14-9(12)7-4-15-11-8-5(7)2-3-6(8)10(13)16-11;1-15-10(13)8-5-16-11(14)9-6(4-12)2-3-7(8)9/h5-8,10,12H,3-4H2,1-2H3;4-6,8,10-11,13H,2-3H2,1H3;2,5,7,9,11-12,14H,3-4H2,1H3. The fourth-order valence-electron chi connectivity index (χ4n) is 8.89. The molecule has 8 rings (SSSR count). The molecule has 2 saturated heterocycles. The molecule has 3 aliphatic carbocycles. The predicted octanol–water partition coefficient (Wildman–Crippen LogP) is 1.80. The zero-order valence-corrected chi connectivity index (χ0v) is 27.4. The van der Waals surface area contributed by atoms with Gasteiger partial charge in [-0.15, -0.1) is 0 Å². The largest absolute Gasteiger partial charge is 0.472 e. The lowest BCUT2D eigenvalue weighted by molar-refractivity contribution is -0.186. The van der Waals surface area contributed by atoms with Crippen molar-refractivity contribution in [1.82, 2.24) is 0 Å². The third-order valence-electron chi connectivity index (χ3n) is 11.2. The Morgan fingerprint density at radius 3 is 1.77 bits per heavy atom. The Kier molecular flexibility index (Phi) is 10.2. The van der Waals surface area contributed by atoms with Gasteiger partial charge in [0.05, 0.1) is 75.5 Å². The van der Waals surface area contributed by atoms with Crippen LogP contribution in [0.4, 0.5) is 0 Å². The third-order valence-corrected chi connectivity index (χ3v) is 11.2. The van der Waals surface area contributed by atoms with Gasteiger partial charge in [-0.25, -0.2) is 14.4 Å². The maximum absolute atomic E-state index is 11.6. The van der Waals surface area contributed by atoms with Gasteiger partial charge in [0.15, 0.2) is 6.29 Å². The van der Waals surface area contributed by atoms with Crippen molar-refractivity contribution in [2.75, 3.05) is 27.9 Å². The Balaban J connectivity index is 0.000000125. The summed E-state index contributed by atoms with van der Waals surface area (Å²) in [4.78, 5) is 34.6. The summed E-state index contributed by atoms with van der Waals surface area (Å²) in [6.45, 7) is 1.96. The lowest BCUT2D eigenvalue weighted by atomic mass is 9.83. The number of esters is 3. The fraction of sp³-hybridized carbons (Fsp3) is 0.676. The number of aliphatic hydroxyl groups is 3. The van der Waals surface area contributed by atoms with Crippen LogP contribution in [0.3, 0.4) is 0 Å². The van der Waals surface area contributed by atoms with Crippen LogP contribution in [0.15, 0.2) is 47.2 Å². The van der Waals surface area contributed by atoms with Gasteiger partial charge < -0.3 is 53.2 Å². The Morgan fingerprint density at radius 1 is 0.708 bits per heavy atom. The van der Waals surface area contributed by atoms with E-state index in [1.807, 2.05) is 6.08 Å². The molecule has 13 unspecified atom stereocenters. The maximum atomic E-state index is 11.6. The van der Waals surface area contributed by atoms with Crippen molar-refractivity contribution in [3.63, 3.8) is 0 Å². The van der Waals surface area contributed by atoms with Crippen molar-refractivity contribution < 1.29 is 67.6 Å². The first-order valence-electron chi connectivity index (χ1n) is 16.4. The molecule has 14 heteroatoms. The minimum atomic E-state index is -1.00. The normalized spacial score (nSPS) is 40.5. The lowest BCUT2D eigenvalue weighted by Gasteiger charge is -2.31. The topological polar surface area (TPSA) is 186 Å². The molecule has 0 bridgehead atoms. The van der Waals surface area contributed by atoms with Crippen LogP contribution in [0.5, 0.6) is 0 Å². The van der Waals surface area contributed by atoms with Gasteiger partial charge in [0.25, 0.3) is 0 Å². The van der Waals surface area contributed by atoms with Crippen molar-refractivity contribution >= 4 is 17.9 Å². The number of ether oxygens (including phenoxy) is 8. The van der Waals surface area contributed by atoms with E-state index in [4.69, 9.17) is 38.3 Å². The number of carbonyl (C=O) groups excluding carboxylic acids is 3. The van der Waals surface area contributed by atoms with Gasteiger partial charge in [0.2, 0.25) is 18.9 Å². The number of carbonyl (C=O) groups is 3. The minimum absolute atomic E-state index is 0.0864. The van der Waals surface area contributed by atoms with Gasteiger partial charge in [-0.3, -0.25) is 0 Å². The first-order chi connectivity index (χ1) is 23.1. The number of hydrogen-bond acceptors (Lipinski definition) is 14. The zero-order valence-electron chi connectivity index (χ0n) is 27.4. The van der Waals surface area contributed by atoms with E-state index in [0.717, 1.165) is 25.7 Å². The maximum Gasteiger partial charge on any atom is 0.337 e. The molecule has 5 aliphatic heterocycles. The van der Waals surface area contributed by atoms with Gasteiger partial charge in [0, 0.05) is 35.5 Å². The Hall–Kier alpha value is -3.43. The predicted molar refractivity (Wildman–Crippen MR) is 161 cm³/mol. The van der Waals surface area contributed by atoms with E-state index in [-0.39, 0.29) is 66.4 Å². The molecule has 4 fully saturated rings. The minimum Gasteiger partial charge on any atom is -0.472 e. The molecule has 13 atom stereocenters. The van der Waals surface area contributed by atoms with Crippen LogP contribution in [0.2, 0.25) is 0 Å². The van der Waals surface area contributed by atoms with Gasteiger partial charge >= 0.3 is 17.9 Å². The van der Waals surface area contributed by atoms with Crippen LogP contribution in [0.25, 0.3) is 0 Å². The Labute approximate surface area is 278 Å². The van der Waals surface area contributed by atoms with Crippen LogP contribution in [0, 0.1) is 47.3 Å². The number of rotatable bonds is 4. The van der Waals surface area contributed by atoms with Crippen molar-refractivity contribution in [1.29, 1.82) is 0 Å². The summed E-state index contributed by atoms with van der Waals surface area (Å²) >= 11 is 0. The first kappa shape index (κ1) is 34.4. The van der Waals surface area contributed by atoms with E-state index in [2.05, 4.69) is 11.7 Å². The molecule has 2 saturated carbocycles. The molecule has 14 nitrogen and oxygen atoms in total. The highest BCUT2D eigenvalue weighted by atomic mass is 16.7. The van der Waals surface area contributed by atoms with E-state index in [1.54, 1.807) is 0 Å². The highest BCUT2D eigenvalue weighted by Crippen LogP contribution is 2.54. The summed E-state index contributed by atoms with van der Waals surface area (Å²) in [5.41, 5.74) is 2.39. The smallest absolute Gasteiger partial charge is 0.337 e. The van der Waals surface area contributed by atoms with Crippen molar-refractivity contribution in [2.45, 2.75) is 70.3 Å². The lowest BCUT2D eigenvalue weighted by Crippen LogP contribution is -2.35. The Morgan fingerprint density at radius 2 is 1.21 bits per heavy atom. The van der Waals surface area contributed by atoms with Gasteiger partial charge in [0.1, 0.15) is 0 Å². The molecule has 0 radical (unpaired) electrons. The fourth-order valence-corrected chi connectivity index (χ4v) is 8.89. The van der Waals surface area contributed by atoms with E-state index in [0.29, 0.717) is 40.5 Å². The molecule has 264 valence electrons. The summed E-state index contributed by atoms with van der Waals surface area (Å²) in [5.74, 6) is -0.129. The number of fused-ring (bicyclic) bond motifs is 1. The molecule has 3 N–H and O–H groups in total. The van der Waals surface area contributed by atoms with Crippen LogP contribution >= 0.6 is 0 Å². The number of methoxy groups -OCH3 is 3. The average Bonchev–Trinajstić information content (AvgIpc) is 3.93. The van der Waals surface area contributed by atoms with Gasteiger partial charge in [-0.2, -0.15) is 0 Å². The molecule has 0 aromatic heterocycles. The monoisotopic (exact) mass is 676 g/mol. The van der Waals surface area contributed by atoms with Crippen LogP contribution in [-0.2, 0) is 52.3 Å². The SMILES string of the molecule is COC(=O)C1=COC(O)C2C(CO)=CCC12.COC(=O)C1=COC2OC(C)C3CCC1C23.COC(=O)C1=COC2OC(O)C3CCC1C23. The van der Waals surface area contributed by atoms with Crippen molar-refractivity contribution in [3.05, 3.63) is 47.2 Å². The molecule has 0 amide bonds. The van der Waals surface area contributed by atoms with E-state index in [1.165, 1.54) is 40.1 Å². The molecule has 0 aromatic carbocycles. The van der Waals surface area contributed by atoms with Crippen molar-refractivity contribution in [3.8, 4) is 0 Å². The van der Waals surface area contributed by atoms with Crippen LogP contribution in [0.1, 0.15) is 39.0 Å². The second-order valence-corrected chi connectivity index (χ2v) is 13.3. The molecule has 5 heterocycles. The van der Waals surface area contributed by atoms with E-state index in [9.17, 15) is 24.6 Å². The molecular weight excluding hydrogens is 632 g/mol. The molecular formula is C34H44O14. The van der Waals surface area contributed by atoms with Crippen LogP contribution in [-0.4, -0.2) is 92.4 Å². The number of aliphatic hydroxyl groups excluding tert-OH is 3. The highest BCUT2D eigenvalue weighted by Gasteiger charge is 2.57. The van der Waals surface area contributed by atoms with E-state index >= 15 is 0 Å². The summed E-state index contributed by atoms with van der Waals surface area (Å²) in [6.07, 6.45) is 8.51. The second-order valence-electron chi connectivity index (χ2n) is 13.3. The zero-order chi connectivity index (χ0) is 34.3. The quantitative estimate of drug-likeness (QED) is 0.222. The average molecular weight is 677 g/mol. The van der Waals surface area contributed by atoms with Gasteiger partial charge in [-0.1, -0.05) is 6.08 Å². The van der Waals surface area contributed by atoms with E-state index < -0.39 is 24.8 Å². The van der Waals surface area contributed by atoms with Crippen LogP contribution < -0.4 is 0 Å². The summed E-state index contributed by atoms with van der Waals surface area (Å²) in [5, 5.41) is 28.5. The van der Waals surface area contributed by atoms with Crippen molar-refractivity contribution in [2.24, 2.45) is 47.3 Å². The molecule has 0 aromatic rings. The first-order valence-corrected chi connectivity index (χ1v) is 16.4. The molecule has 8 aliphatic rings. The highest BCUT2D eigenvalue weighted by molar-refractivity contribution is 5.90. The second kappa shape index (κ2) is 14.2.